The molecule has 1 fully saturated rings. The zero-order valence-corrected chi connectivity index (χ0v) is 37.1. The van der Waals surface area contributed by atoms with Crippen LogP contribution in [0, 0.1) is 0 Å². The van der Waals surface area contributed by atoms with E-state index in [1.165, 1.54) is 148 Å². The fraction of sp³-hybridized carbons (Fsp3) is 0.977. The van der Waals surface area contributed by atoms with Gasteiger partial charge in [-0.2, -0.15) is 0 Å². The molecule has 0 heterocycles. The molecule has 6 unspecified atom stereocenters. The van der Waals surface area contributed by atoms with Gasteiger partial charge in [0, 0.05) is 13.0 Å². The highest BCUT2D eigenvalue weighted by Gasteiger charge is 2.51. The third-order valence-electron chi connectivity index (χ3n) is 11.2. The predicted molar refractivity (Wildman–Crippen MR) is 226 cm³/mol. The Morgan fingerprint density at radius 3 is 1.21 bits per heavy atom. The Labute approximate surface area is 346 Å². The molecule has 0 aromatic carbocycles. The highest BCUT2D eigenvalue weighted by atomic mass is 31.2. The SMILES string of the molecule is CCCCCCCCCCCCCCCCCCCCCCCCC(=O)OC(COCCCCCCCCCC)COP(=O)(O)OC1C(O)C(O)C(O)C(O)C1O. The molecule has 0 aromatic heterocycles. The molecule has 6 N–H and O–H groups in total. The number of carbonyl (C=O) groups excluding carboxylic acids is 1. The summed E-state index contributed by atoms with van der Waals surface area (Å²) in [7, 11) is -5.00. The van der Waals surface area contributed by atoms with Crippen LogP contribution in [0.5, 0.6) is 0 Å². The molecule has 12 nitrogen and oxygen atoms in total. The number of phosphoric acid groups is 1. The second kappa shape index (κ2) is 36.0. The number of phosphoric ester groups is 1. The minimum atomic E-state index is -5.00. The lowest BCUT2D eigenvalue weighted by Crippen LogP contribution is -2.64. The first-order chi connectivity index (χ1) is 27.5. The van der Waals surface area contributed by atoms with E-state index < -0.39 is 63.1 Å². The van der Waals surface area contributed by atoms with E-state index >= 15 is 0 Å². The summed E-state index contributed by atoms with van der Waals surface area (Å²) in [4.78, 5) is 23.1. The van der Waals surface area contributed by atoms with Gasteiger partial charge in [-0.15, -0.1) is 0 Å². The predicted octanol–water partition coefficient (Wildman–Crippen LogP) is 9.37. The van der Waals surface area contributed by atoms with Crippen LogP contribution in [0.2, 0.25) is 0 Å². The van der Waals surface area contributed by atoms with Gasteiger partial charge in [0.05, 0.1) is 13.2 Å². The van der Waals surface area contributed by atoms with E-state index in [0.29, 0.717) is 13.0 Å². The normalized spacial score (nSPS) is 22.7. The van der Waals surface area contributed by atoms with Gasteiger partial charge in [-0.1, -0.05) is 194 Å². The summed E-state index contributed by atoms with van der Waals surface area (Å²) in [5.74, 6) is -0.473. The van der Waals surface area contributed by atoms with Gasteiger partial charge in [0.25, 0.3) is 0 Å². The average Bonchev–Trinajstić information content (AvgIpc) is 3.19. The molecule has 0 aromatic rings. The Morgan fingerprint density at radius 2 is 0.825 bits per heavy atom. The zero-order chi connectivity index (χ0) is 42.0. The van der Waals surface area contributed by atoms with Crippen molar-refractivity contribution in [2.45, 2.75) is 256 Å². The standard InChI is InChI=1S/C44H87O12P/c1-3-5-7-9-11-13-14-15-16-17-18-19-20-21-22-23-24-25-26-27-29-31-33-38(45)55-37(35-53-34-32-30-28-12-10-8-6-4-2)36-54-57(51,52)56-44-42(49)40(47)39(46)41(48)43(44)50/h37,39-44,46-50H,3-36H2,1-2H3,(H,51,52). The van der Waals surface area contributed by atoms with Crippen molar-refractivity contribution in [2.75, 3.05) is 19.8 Å². The van der Waals surface area contributed by atoms with Gasteiger partial charge in [-0.25, -0.2) is 4.57 Å². The van der Waals surface area contributed by atoms with Crippen LogP contribution in [0.4, 0.5) is 0 Å². The van der Waals surface area contributed by atoms with Crippen LogP contribution in [0.15, 0.2) is 0 Å². The molecule has 0 radical (unpaired) electrons. The third kappa shape index (κ3) is 28.5. The van der Waals surface area contributed by atoms with E-state index in [2.05, 4.69) is 13.8 Å². The van der Waals surface area contributed by atoms with Gasteiger partial charge < -0.3 is 39.9 Å². The quantitative estimate of drug-likeness (QED) is 0.0195. The summed E-state index contributed by atoms with van der Waals surface area (Å²) < 4.78 is 34.0. The van der Waals surface area contributed by atoms with Crippen molar-refractivity contribution in [1.82, 2.24) is 0 Å². The first kappa shape index (κ1) is 54.4. The molecule has 0 amide bonds. The first-order valence-electron chi connectivity index (χ1n) is 23.4. The molecule has 13 heteroatoms. The van der Waals surface area contributed by atoms with Crippen molar-refractivity contribution in [3.05, 3.63) is 0 Å². The summed E-state index contributed by atoms with van der Waals surface area (Å²) in [6, 6.07) is 0. The molecule has 6 atom stereocenters. The van der Waals surface area contributed by atoms with E-state index in [1.54, 1.807) is 0 Å². The fourth-order valence-corrected chi connectivity index (χ4v) is 8.45. The van der Waals surface area contributed by atoms with E-state index in [-0.39, 0.29) is 13.0 Å². The lowest BCUT2D eigenvalue weighted by Gasteiger charge is -2.41. The largest absolute Gasteiger partial charge is 0.472 e. The van der Waals surface area contributed by atoms with Gasteiger partial charge in [0.15, 0.2) is 0 Å². The van der Waals surface area contributed by atoms with Crippen molar-refractivity contribution in [1.29, 1.82) is 0 Å². The second-order valence-corrected chi connectivity index (χ2v) is 18.0. The number of hydrogen-bond donors (Lipinski definition) is 6. The van der Waals surface area contributed by atoms with Crippen LogP contribution < -0.4 is 0 Å². The maximum atomic E-state index is 12.8. The van der Waals surface area contributed by atoms with Crippen molar-refractivity contribution in [3.8, 4) is 0 Å². The first-order valence-corrected chi connectivity index (χ1v) is 24.9. The Kier molecular flexibility index (Phi) is 34.4. The van der Waals surface area contributed by atoms with Gasteiger partial charge >= 0.3 is 13.8 Å². The monoisotopic (exact) mass is 839 g/mol. The van der Waals surface area contributed by atoms with Crippen LogP contribution in [0.25, 0.3) is 0 Å². The molecular weight excluding hydrogens is 751 g/mol. The molecule has 1 aliphatic carbocycles. The highest BCUT2D eigenvalue weighted by Crippen LogP contribution is 2.47. The number of rotatable bonds is 40. The lowest BCUT2D eigenvalue weighted by atomic mass is 9.85. The van der Waals surface area contributed by atoms with Gasteiger partial charge in [0.1, 0.15) is 42.7 Å². The molecule has 1 rings (SSSR count). The summed E-state index contributed by atoms with van der Waals surface area (Å²) in [5, 5.41) is 50.0. The van der Waals surface area contributed by atoms with Crippen molar-refractivity contribution in [3.63, 3.8) is 0 Å². The molecule has 0 saturated heterocycles. The second-order valence-electron chi connectivity index (χ2n) is 16.6. The van der Waals surface area contributed by atoms with Gasteiger partial charge in [-0.05, 0) is 12.8 Å². The summed E-state index contributed by atoms with van der Waals surface area (Å²) in [6.07, 6.45) is 24.9. The minimum absolute atomic E-state index is 0.0695. The smallest absolute Gasteiger partial charge is 0.457 e. The van der Waals surface area contributed by atoms with E-state index in [1.807, 2.05) is 0 Å². The van der Waals surface area contributed by atoms with Crippen LogP contribution in [-0.2, 0) is 27.9 Å². The summed E-state index contributed by atoms with van der Waals surface area (Å²) in [5.41, 5.74) is 0. The van der Waals surface area contributed by atoms with Crippen LogP contribution in [-0.4, -0.2) is 98.9 Å². The number of aliphatic hydroxyl groups excluding tert-OH is 5. The van der Waals surface area contributed by atoms with Crippen molar-refractivity contribution < 1.29 is 58.3 Å². The summed E-state index contributed by atoms with van der Waals surface area (Å²) in [6.45, 7) is 4.25. The maximum absolute atomic E-state index is 12.8. The molecule has 57 heavy (non-hydrogen) atoms. The van der Waals surface area contributed by atoms with E-state index in [9.17, 15) is 39.8 Å². The van der Waals surface area contributed by atoms with Crippen LogP contribution in [0.1, 0.15) is 213 Å². The maximum Gasteiger partial charge on any atom is 0.472 e. The van der Waals surface area contributed by atoms with Gasteiger partial charge in [-0.3, -0.25) is 13.8 Å². The van der Waals surface area contributed by atoms with Crippen LogP contribution in [0.3, 0.4) is 0 Å². The Balaban J connectivity index is 2.27. The van der Waals surface area contributed by atoms with Crippen LogP contribution >= 0.6 is 7.82 Å². The number of carbonyl (C=O) groups is 1. The molecule has 0 bridgehead atoms. The number of hydrogen-bond acceptors (Lipinski definition) is 11. The van der Waals surface area contributed by atoms with Crippen molar-refractivity contribution >= 4 is 13.8 Å². The number of aliphatic hydroxyl groups is 5. The van der Waals surface area contributed by atoms with Crippen molar-refractivity contribution in [2.24, 2.45) is 0 Å². The molecule has 1 saturated carbocycles. The lowest BCUT2D eigenvalue weighted by molar-refractivity contribution is -0.220. The number of esters is 1. The van der Waals surface area contributed by atoms with Gasteiger partial charge in [0.2, 0.25) is 0 Å². The molecule has 340 valence electrons. The Hall–Kier alpha value is -0.660. The topological polar surface area (TPSA) is 192 Å². The minimum Gasteiger partial charge on any atom is -0.457 e. The van der Waals surface area contributed by atoms with E-state index in [4.69, 9.17) is 18.5 Å². The average molecular weight is 839 g/mol. The number of ether oxygens (including phenoxy) is 2. The number of unbranched alkanes of at least 4 members (excludes halogenated alkanes) is 28. The highest BCUT2D eigenvalue weighted by molar-refractivity contribution is 7.47. The molecule has 0 aliphatic heterocycles. The Bertz CT molecular complexity index is 958. The zero-order valence-electron chi connectivity index (χ0n) is 36.2. The fourth-order valence-electron chi connectivity index (χ4n) is 7.47. The van der Waals surface area contributed by atoms with E-state index in [0.717, 1.165) is 38.5 Å². The molecule has 0 spiro atoms. The summed E-state index contributed by atoms with van der Waals surface area (Å²) >= 11 is 0. The Morgan fingerprint density at radius 1 is 0.491 bits per heavy atom. The molecule has 1 aliphatic rings. The molecular formula is C44H87O12P. The third-order valence-corrected chi connectivity index (χ3v) is 12.2.